The molecule has 7 nitrogen and oxygen atoms in total. The number of nitrogens with one attached hydrogen (secondary N) is 1. The van der Waals surface area contributed by atoms with Crippen molar-refractivity contribution < 1.29 is 19.0 Å². The van der Waals surface area contributed by atoms with E-state index in [9.17, 15) is 4.79 Å². The van der Waals surface area contributed by atoms with E-state index in [1.807, 2.05) is 54.3 Å². The van der Waals surface area contributed by atoms with E-state index in [0.717, 1.165) is 61.0 Å². The van der Waals surface area contributed by atoms with E-state index < -0.39 is 0 Å². The van der Waals surface area contributed by atoms with Gasteiger partial charge >= 0.3 is 6.03 Å². The van der Waals surface area contributed by atoms with Crippen LogP contribution in [-0.2, 0) is 6.54 Å². The van der Waals surface area contributed by atoms with Crippen LogP contribution in [0.5, 0.6) is 17.2 Å². The molecule has 7 heteroatoms. The van der Waals surface area contributed by atoms with Gasteiger partial charge in [-0.2, -0.15) is 0 Å². The number of carbonyl (C=O) groups excluding carboxylic acids is 1. The van der Waals surface area contributed by atoms with E-state index >= 15 is 0 Å². The van der Waals surface area contributed by atoms with Crippen molar-refractivity contribution in [1.29, 1.82) is 0 Å². The number of amides is 2. The number of carbonyl (C=O) groups is 1. The average Bonchev–Trinajstić information content (AvgIpc) is 3.27. The maximum atomic E-state index is 13.3. The zero-order valence-electron chi connectivity index (χ0n) is 18.3. The van der Waals surface area contributed by atoms with Crippen molar-refractivity contribution in [3.63, 3.8) is 0 Å². The summed E-state index contributed by atoms with van der Waals surface area (Å²) in [6, 6.07) is 13.5. The van der Waals surface area contributed by atoms with Crippen LogP contribution in [0, 0.1) is 0 Å². The van der Waals surface area contributed by atoms with Crippen LogP contribution in [0.3, 0.4) is 0 Å². The van der Waals surface area contributed by atoms with E-state index in [-0.39, 0.29) is 18.9 Å². The summed E-state index contributed by atoms with van der Waals surface area (Å²) in [7, 11) is 0. The molecule has 0 aliphatic carbocycles. The zero-order chi connectivity index (χ0) is 21.6. The van der Waals surface area contributed by atoms with Crippen LogP contribution in [0.15, 0.2) is 42.5 Å². The lowest BCUT2D eigenvalue weighted by Gasteiger charge is -2.38. The summed E-state index contributed by atoms with van der Waals surface area (Å²) in [5.74, 6) is 2.29. The van der Waals surface area contributed by atoms with Crippen molar-refractivity contribution in [3.8, 4) is 17.2 Å². The van der Waals surface area contributed by atoms with Crippen molar-refractivity contribution in [1.82, 2.24) is 9.80 Å². The maximum Gasteiger partial charge on any atom is 0.322 e. The largest absolute Gasteiger partial charge is 0.494 e. The number of benzene rings is 2. The van der Waals surface area contributed by atoms with E-state index in [2.05, 4.69) is 17.1 Å². The monoisotopic (exact) mass is 425 g/mol. The third-order valence-corrected chi connectivity index (χ3v) is 5.91. The lowest BCUT2D eigenvalue weighted by molar-refractivity contribution is 0.126. The SMILES string of the molecule is CCOc1ccc(NC(=O)N(Cc2ccc3c(c2)OCO3)C2CCN(CC)CC2)cc1. The Kier molecular flexibility index (Phi) is 6.82. The second-order valence-electron chi connectivity index (χ2n) is 7.87. The number of fused-ring (bicyclic) bond motifs is 1. The van der Waals surface area contributed by atoms with Crippen LogP contribution in [-0.4, -0.2) is 54.9 Å². The second kappa shape index (κ2) is 9.92. The number of urea groups is 1. The Morgan fingerprint density at radius 3 is 2.55 bits per heavy atom. The predicted octanol–water partition coefficient (Wildman–Crippen LogP) is 4.33. The third kappa shape index (κ3) is 5.22. The Morgan fingerprint density at radius 2 is 1.84 bits per heavy atom. The lowest BCUT2D eigenvalue weighted by atomic mass is 10.0. The quantitative estimate of drug-likeness (QED) is 0.715. The van der Waals surface area contributed by atoms with E-state index in [1.165, 1.54) is 0 Å². The van der Waals surface area contributed by atoms with Gasteiger partial charge in [-0.25, -0.2) is 4.79 Å². The van der Waals surface area contributed by atoms with E-state index in [1.54, 1.807) is 0 Å². The van der Waals surface area contributed by atoms with Crippen LogP contribution in [0.4, 0.5) is 10.5 Å². The number of likely N-dealkylation sites (tertiary alicyclic amines) is 1. The Labute approximate surface area is 183 Å². The van der Waals surface area contributed by atoms with Gasteiger partial charge in [0.15, 0.2) is 11.5 Å². The van der Waals surface area contributed by atoms with Crippen molar-refractivity contribution >= 4 is 11.7 Å². The molecule has 0 spiro atoms. The molecule has 4 rings (SSSR count). The van der Waals surface area contributed by atoms with Gasteiger partial charge in [-0.1, -0.05) is 13.0 Å². The molecule has 1 fully saturated rings. The molecule has 0 radical (unpaired) electrons. The molecule has 0 aromatic heterocycles. The molecule has 1 saturated heterocycles. The third-order valence-electron chi connectivity index (χ3n) is 5.91. The zero-order valence-corrected chi connectivity index (χ0v) is 18.3. The van der Waals surface area contributed by atoms with Gasteiger partial charge in [-0.15, -0.1) is 0 Å². The molecule has 0 bridgehead atoms. The summed E-state index contributed by atoms with van der Waals surface area (Å²) in [6.07, 6.45) is 1.93. The van der Waals surface area contributed by atoms with E-state index in [0.29, 0.717) is 13.2 Å². The maximum absolute atomic E-state index is 13.3. The number of hydrogen-bond acceptors (Lipinski definition) is 5. The molecule has 0 saturated carbocycles. The number of rotatable bonds is 7. The highest BCUT2D eigenvalue weighted by Gasteiger charge is 2.28. The van der Waals surface area contributed by atoms with Crippen molar-refractivity contribution in [2.24, 2.45) is 0 Å². The molecule has 0 unspecified atom stereocenters. The number of piperidine rings is 1. The summed E-state index contributed by atoms with van der Waals surface area (Å²) in [4.78, 5) is 17.7. The summed E-state index contributed by atoms with van der Waals surface area (Å²) in [6.45, 7) is 8.59. The minimum absolute atomic E-state index is 0.0863. The number of nitrogens with zero attached hydrogens (tertiary/aromatic N) is 2. The molecule has 31 heavy (non-hydrogen) atoms. The van der Waals surface area contributed by atoms with Crippen LogP contribution in [0.2, 0.25) is 0 Å². The Balaban J connectivity index is 1.49. The van der Waals surface area contributed by atoms with Gasteiger partial charge in [-0.05, 0) is 68.3 Å². The molecule has 2 aromatic rings. The first kappa shape index (κ1) is 21.3. The highest BCUT2D eigenvalue weighted by Crippen LogP contribution is 2.33. The van der Waals surface area contributed by atoms with Gasteiger partial charge in [0.1, 0.15) is 5.75 Å². The minimum atomic E-state index is -0.0863. The highest BCUT2D eigenvalue weighted by atomic mass is 16.7. The van der Waals surface area contributed by atoms with Gasteiger partial charge in [0.2, 0.25) is 6.79 Å². The summed E-state index contributed by atoms with van der Waals surface area (Å²) < 4.78 is 16.4. The number of ether oxygens (including phenoxy) is 3. The van der Waals surface area contributed by atoms with Gasteiger partial charge in [0, 0.05) is 31.4 Å². The predicted molar refractivity (Wildman–Crippen MR) is 120 cm³/mol. The molecule has 2 heterocycles. The van der Waals surface area contributed by atoms with Gasteiger partial charge in [0.25, 0.3) is 0 Å². The standard InChI is InChI=1S/C24H31N3O4/c1-3-26-13-11-20(12-14-26)27(16-18-5-10-22-23(15-18)31-17-30-22)24(28)25-19-6-8-21(9-7-19)29-4-2/h5-10,15,20H,3-4,11-14,16-17H2,1-2H3,(H,25,28). The Morgan fingerprint density at radius 1 is 1.10 bits per heavy atom. The first-order valence-electron chi connectivity index (χ1n) is 11.1. The van der Waals surface area contributed by atoms with Gasteiger partial charge in [0.05, 0.1) is 6.61 Å². The van der Waals surface area contributed by atoms with Crippen LogP contribution >= 0.6 is 0 Å². The Hall–Kier alpha value is -2.93. The topological polar surface area (TPSA) is 63.3 Å². The smallest absolute Gasteiger partial charge is 0.322 e. The molecular weight excluding hydrogens is 394 g/mol. The van der Waals surface area contributed by atoms with Gasteiger partial charge < -0.3 is 29.3 Å². The molecular formula is C24H31N3O4. The first-order chi connectivity index (χ1) is 15.2. The van der Waals surface area contributed by atoms with Crippen molar-refractivity contribution in [3.05, 3.63) is 48.0 Å². The molecule has 166 valence electrons. The fourth-order valence-electron chi connectivity index (χ4n) is 4.15. The number of hydrogen-bond donors (Lipinski definition) is 1. The Bertz CT molecular complexity index is 879. The van der Waals surface area contributed by atoms with Crippen LogP contribution in [0.1, 0.15) is 32.3 Å². The molecule has 2 amide bonds. The molecule has 2 aliphatic rings. The lowest BCUT2D eigenvalue weighted by Crippen LogP contribution is -2.48. The number of anilines is 1. The fraction of sp³-hybridized carbons (Fsp3) is 0.458. The highest BCUT2D eigenvalue weighted by molar-refractivity contribution is 5.89. The van der Waals surface area contributed by atoms with Gasteiger partial charge in [-0.3, -0.25) is 0 Å². The van der Waals surface area contributed by atoms with Crippen LogP contribution < -0.4 is 19.5 Å². The van der Waals surface area contributed by atoms with Crippen molar-refractivity contribution in [2.75, 3.05) is 38.4 Å². The molecule has 1 N–H and O–H groups in total. The summed E-state index contributed by atoms with van der Waals surface area (Å²) in [5, 5.41) is 3.07. The first-order valence-corrected chi connectivity index (χ1v) is 11.1. The summed E-state index contributed by atoms with van der Waals surface area (Å²) in [5.41, 5.74) is 1.79. The minimum Gasteiger partial charge on any atom is -0.494 e. The molecule has 0 atom stereocenters. The van der Waals surface area contributed by atoms with E-state index in [4.69, 9.17) is 14.2 Å². The second-order valence-corrected chi connectivity index (χ2v) is 7.87. The molecule has 2 aromatic carbocycles. The van der Waals surface area contributed by atoms with Crippen LogP contribution in [0.25, 0.3) is 0 Å². The average molecular weight is 426 g/mol. The van der Waals surface area contributed by atoms with Crippen molar-refractivity contribution in [2.45, 2.75) is 39.3 Å². The normalized spacial score (nSPS) is 16.2. The summed E-state index contributed by atoms with van der Waals surface area (Å²) >= 11 is 0. The fourth-order valence-corrected chi connectivity index (χ4v) is 4.15. The molecule has 2 aliphatic heterocycles.